The van der Waals surface area contributed by atoms with Gasteiger partial charge in [0.2, 0.25) is 5.91 Å². The highest BCUT2D eigenvalue weighted by molar-refractivity contribution is 5.80. The number of amides is 1. The summed E-state index contributed by atoms with van der Waals surface area (Å²) in [4.78, 5) is 12.9. The number of carbonyl (C=O) groups is 1. The van der Waals surface area contributed by atoms with Crippen LogP contribution in [0.5, 0.6) is 0 Å². The number of nitrogens with one attached hydrogen (secondary N) is 2. The highest BCUT2D eigenvalue weighted by atomic mass is 16.2. The van der Waals surface area contributed by atoms with Gasteiger partial charge in [0.15, 0.2) is 0 Å². The third kappa shape index (κ3) is 5.10. The molecule has 1 atom stereocenters. The van der Waals surface area contributed by atoms with Crippen LogP contribution < -0.4 is 10.6 Å². The number of hydrogen-bond acceptors (Lipinski definition) is 2. The lowest BCUT2D eigenvalue weighted by Gasteiger charge is -2.46. The van der Waals surface area contributed by atoms with Gasteiger partial charge in [0, 0.05) is 29.5 Å². The molecule has 2 rings (SSSR count). The highest BCUT2D eigenvalue weighted by Crippen LogP contribution is 2.29. The molecule has 0 unspecified atom stereocenters. The lowest BCUT2D eigenvalue weighted by Crippen LogP contribution is -2.62. The summed E-state index contributed by atoms with van der Waals surface area (Å²) in [6.07, 6.45) is 6.76. The second kappa shape index (κ2) is 6.68. The van der Waals surface area contributed by atoms with Crippen molar-refractivity contribution in [3.8, 4) is 0 Å². The first kappa shape index (κ1) is 18.1. The zero-order valence-corrected chi connectivity index (χ0v) is 15.5. The van der Waals surface area contributed by atoms with Gasteiger partial charge in [-0.15, -0.1) is 0 Å². The van der Waals surface area contributed by atoms with Crippen LogP contribution in [0.2, 0.25) is 0 Å². The Hall–Kier alpha value is -1.29. The standard InChI is InChI=1S/C19H33N3O/c1-14(2)11-16(22-9-7-8-10-22)17(23)20-15-12-18(3,4)21-19(5,6)13-15/h7-10,14-16,21H,11-13H2,1-6H3,(H,20,23)/t16-/m0/s1. The maximum absolute atomic E-state index is 12.9. The van der Waals surface area contributed by atoms with Crippen molar-refractivity contribution in [3.63, 3.8) is 0 Å². The zero-order valence-electron chi connectivity index (χ0n) is 15.5. The van der Waals surface area contributed by atoms with E-state index in [2.05, 4.69) is 52.2 Å². The average Bonchev–Trinajstić information content (AvgIpc) is 2.84. The van der Waals surface area contributed by atoms with Gasteiger partial charge >= 0.3 is 0 Å². The second-order valence-electron chi connectivity index (χ2n) is 8.78. The van der Waals surface area contributed by atoms with E-state index in [4.69, 9.17) is 0 Å². The molecule has 2 heterocycles. The Morgan fingerprint density at radius 3 is 2.17 bits per heavy atom. The summed E-state index contributed by atoms with van der Waals surface area (Å²) >= 11 is 0. The van der Waals surface area contributed by atoms with Crippen LogP contribution in [0.3, 0.4) is 0 Å². The van der Waals surface area contributed by atoms with Crippen LogP contribution in [0.25, 0.3) is 0 Å². The highest BCUT2D eigenvalue weighted by Gasteiger charge is 2.38. The summed E-state index contributed by atoms with van der Waals surface area (Å²) in [6.45, 7) is 13.2. The fraction of sp³-hybridized carbons (Fsp3) is 0.737. The normalized spacial score (nSPS) is 22.0. The van der Waals surface area contributed by atoms with E-state index in [-0.39, 0.29) is 29.1 Å². The van der Waals surface area contributed by atoms with Crippen molar-refractivity contribution >= 4 is 5.91 Å². The molecule has 1 amide bonds. The molecule has 4 nitrogen and oxygen atoms in total. The molecule has 1 aliphatic heterocycles. The van der Waals surface area contributed by atoms with Crippen molar-refractivity contribution in [2.45, 2.75) is 84.0 Å². The number of nitrogens with zero attached hydrogens (tertiary/aromatic N) is 1. The Bertz CT molecular complexity index is 501. The Labute approximate surface area is 141 Å². The van der Waals surface area contributed by atoms with Gasteiger partial charge in [0.05, 0.1) is 0 Å². The maximum Gasteiger partial charge on any atom is 0.243 e. The molecule has 0 spiro atoms. The Balaban J connectivity index is 2.09. The van der Waals surface area contributed by atoms with Gasteiger partial charge in [-0.1, -0.05) is 13.8 Å². The van der Waals surface area contributed by atoms with Crippen molar-refractivity contribution in [2.24, 2.45) is 5.92 Å². The fourth-order valence-corrected chi connectivity index (χ4v) is 4.09. The molecule has 1 aliphatic rings. The molecule has 23 heavy (non-hydrogen) atoms. The Kier molecular flexibility index (Phi) is 5.24. The first-order chi connectivity index (χ1) is 10.6. The molecule has 2 N–H and O–H groups in total. The van der Waals surface area contributed by atoms with Gasteiger partial charge < -0.3 is 15.2 Å². The van der Waals surface area contributed by atoms with Gasteiger partial charge in [-0.2, -0.15) is 0 Å². The van der Waals surface area contributed by atoms with Crippen LogP contribution in [-0.2, 0) is 4.79 Å². The van der Waals surface area contributed by atoms with E-state index in [9.17, 15) is 4.79 Å². The van der Waals surface area contributed by atoms with Crippen molar-refractivity contribution in [3.05, 3.63) is 24.5 Å². The SMILES string of the molecule is CC(C)C[C@@H](C(=O)NC1CC(C)(C)NC(C)(C)C1)n1cccc1. The maximum atomic E-state index is 12.9. The fourth-order valence-electron chi connectivity index (χ4n) is 4.09. The Morgan fingerprint density at radius 1 is 1.17 bits per heavy atom. The number of carbonyl (C=O) groups excluding carboxylic acids is 1. The van der Waals surface area contributed by atoms with Crippen LogP contribution in [0, 0.1) is 5.92 Å². The van der Waals surface area contributed by atoms with E-state index in [0.717, 1.165) is 19.3 Å². The average molecular weight is 319 g/mol. The van der Waals surface area contributed by atoms with E-state index in [1.54, 1.807) is 0 Å². The predicted octanol–water partition coefficient (Wildman–Crippen LogP) is 3.50. The lowest BCUT2D eigenvalue weighted by molar-refractivity contribution is -0.126. The molecule has 130 valence electrons. The van der Waals surface area contributed by atoms with Crippen molar-refractivity contribution in [1.82, 2.24) is 15.2 Å². The predicted molar refractivity (Wildman–Crippen MR) is 95.4 cm³/mol. The van der Waals surface area contributed by atoms with Gasteiger partial charge in [0.1, 0.15) is 6.04 Å². The molecule has 0 aliphatic carbocycles. The monoisotopic (exact) mass is 319 g/mol. The quantitative estimate of drug-likeness (QED) is 0.872. The third-order valence-electron chi connectivity index (χ3n) is 4.52. The molecule has 1 fully saturated rings. The summed E-state index contributed by atoms with van der Waals surface area (Å²) in [5.41, 5.74) is 0.0847. The molecular formula is C19H33N3O. The van der Waals surface area contributed by atoms with E-state index in [0.29, 0.717) is 5.92 Å². The van der Waals surface area contributed by atoms with E-state index < -0.39 is 0 Å². The van der Waals surface area contributed by atoms with E-state index >= 15 is 0 Å². The number of hydrogen-bond donors (Lipinski definition) is 2. The smallest absolute Gasteiger partial charge is 0.243 e. The molecule has 1 aromatic rings. The van der Waals surface area contributed by atoms with Crippen LogP contribution in [0.4, 0.5) is 0 Å². The van der Waals surface area contributed by atoms with Crippen molar-refractivity contribution in [1.29, 1.82) is 0 Å². The second-order valence-corrected chi connectivity index (χ2v) is 8.78. The van der Waals surface area contributed by atoms with Crippen molar-refractivity contribution < 1.29 is 4.79 Å². The number of rotatable bonds is 5. The topological polar surface area (TPSA) is 46.1 Å². The Morgan fingerprint density at radius 2 is 1.70 bits per heavy atom. The minimum absolute atomic E-state index is 0.0424. The third-order valence-corrected chi connectivity index (χ3v) is 4.52. The molecule has 4 heteroatoms. The molecule has 1 aromatic heterocycles. The van der Waals surface area contributed by atoms with Gasteiger partial charge in [-0.25, -0.2) is 0 Å². The summed E-state index contributed by atoms with van der Waals surface area (Å²) in [5, 5.41) is 6.99. The van der Waals surface area contributed by atoms with Crippen molar-refractivity contribution in [2.75, 3.05) is 0 Å². The molecule has 0 aromatic carbocycles. The van der Waals surface area contributed by atoms with Gasteiger partial charge in [-0.3, -0.25) is 4.79 Å². The van der Waals surface area contributed by atoms with E-state index in [1.165, 1.54) is 0 Å². The zero-order chi connectivity index (χ0) is 17.3. The molecule has 1 saturated heterocycles. The summed E-state index contributed by atoms with van der Waals surface area (Å²) in [7, 11) is 0. The minimum atomic E-state index is -0.119. The van der Waals surface area contributed by atoms with Gasteiger partial charge in [-0.05, 0) is 65.0 Å². The molecule has 0 bridgehead atoms. The molecule has 0 saturated carbocycles. The van der Waals surface area contributed by atoms with Crippen LogP contribution in [-0.4, -0.2) is 27.6 Å². The first-order valence-electron chi connectivity index (χ1n) is 8.80. The van der Waals surface area contributed by atoms with E-state index in [1.807, 2.05) is 29.1 Å². The summed E-state index contributed by atoms with van der Waals surface area (Å²) in [5.74, 6) is 0.627. The van der Waals surface area contributed by atoms with Crippen LogP contribution in [0.15, 0.2) is 24.5 Å². The lowest BCUT2D eigenvalue weighted by atomic mass is 9.79. The summed E-state index contributed by atoms with van der Waals surface area (Å²) < 4.78 is 2.03. The van der Waals surface area contributed by atoms with Crippen LogP contribution in [0.1, 0.15) is 66.8 Å². The minimum Gasteiger partial charge on any atom is -0.351 e. The largest absolute Gasteiger partial charge is 0.351 e. The molecule has 0 radical (unpaired) electrons. The molecular weight excluding hydrogens is 286 g/mol. The summed E-state index contributed by atoms with van der Waals surface area (Å²) in [6, 6.07) is 4.07. The first-order valence-corrected chi connectivity index (χ1v) is 8.80. The number of piperidine rings is 1. The van der Waals surface area contributed by atoms with Crippen LogP contribution >= 0.6 is 0 Å². The number of aromatic nitrogens is 1. The van der Waals surface area contributed by atoms with Gasteiger partial charge in [0.25, 0.3) is 0 Å².